The van der Waals surface area contributed by atoms with E-state index < -0.39 is 5.91 Å². The Hall–Kier alpha value is -2.43. The Balaban J connectivity index is 2.05. The van der Waals surface area contributed by atoms with Gasteiger partial charge in [0, 0.05) is 31.0 Å². The molecular weight excluding hydrogens is 252 g/mol. The molecule has 2 N–H and O–H groups in total. The van der Waals surface area contributed by atoms with Crippen molar-refractivity contribution < 1.29 is 4.79 Å². The normalized spacial score (nSPS) is 14.5. The minimum absolute atomic E-state index is 0.277. The molecular formula is C15H16N4O. The number of carbonyl (C=O) groups excluding carboxylic acids is 1. The molecule has 0 spiro atoms. The van der Waals surface area contributed by atoms with Gasteiger partial charge < -0.3 is 10.6 Å². The third kappa shape index (κ3) is 2.34. The van der Waals surface area contributed by atoms with Crippen LogP contribution in [-0.2, 0) is 0 Å². The Bertz CT molecular complexity index is 635. The number of nitrogens with two attached hydrogens (primary N) is 1. The number of primary amides is 1. The van der Waals surface area contributed by atoms with Gasteiger partial charge in [0.05, 0.1) is 0 Å². The minimum Gasteiger partial charge on any atom is -0.364 e. The van der Waals surface area contributed by atoms with Crippen molar-refractivity contribution in [2.75, 3.05) is 18.0 Å². The summed E-state index contributed by atoms with van der Waals surface area (Å²) in [6, 6.07) is 7.52. The second kappa shape index (κ2) is 5.28. The van der Waals surface area contributed by atoms with E-state index in [2.05, 4.69) is 14.9 Å². The number of rotatable bonds is 3. The molecule has 1 aliphatic rings. The number of anilines is 1. The van der Waals surface area contributed by atoms with Crippen LogP contribution in [0.1, 0.15) is 23.3 Å². The number of aromatic nitrogens is 2. The summed E-state index contributed by atoms with van der Waals surface area (Å²) >= 11 is 0. The fourth-order valence-electron chi connectivity index (χ4n) is 2.54. The number of pyridine rings is 2. The molecule has 3 heterocycles. The molecule has 5 nitrogen and oxygen atoms in total. The van der Waals surface area contributed by atoms with Crippen molar-refractivity contribution in [3.05, 3.63) is 42.4 Å². The standard InChI is InChI=1S/C15H16N4O/c16-14(20)13-10-11(5-7-17-13)12-4-3-6-18-15(12)19-8-1-2-9-19/h3-7,10H,1-2,8-9H2,(H2,16,20). The van der Waals surface area contributed by atoms with E-state index in [1.165, 1.54) is 12.8 Å². The summed E-state index contributed by atoms with van der Waals surface area (Å²) < 4.78 is 0. The zero-order valence-electron chi connectivity index (χ0n) is 11.1. The first kappa shape index (κ1) is 12.6. The lowest BCUT2D eigenvalue weighted by atomic mass is 10.1. The summed E-state index contributed by atoms with van der Waals surface area (Å²) in [5, 5.41) is 0. The largest absolute Gasteiger partial charge is 0.364 e. The Morgan fingerprint density at radius 1 is 1.15 bits per heavy atom. The smallest absolute Gasteiger partial charge is 0.267 e. The highest BCUT2D eigenvalue weighted by molar-refractivity contribution is 5.92. The number of hydrogen-bond donors (Lipinski definition) is 1. The van der Waals surface area contributed by atoms with Crippen molar-refractivity contribution in [3.8, 4) is 11.1 Å². The Kier molecular flexibility index (Phi) is 3.33. The summed E-state index contributed by atoms with van der Waals surface area (Å²) in [5.41, 5.74) is 7.50. The van der Waals surface area contributed by atoms with Crippen molar-refractivity contribution in [2.24, 2.45) is 5.73 Å². The predicted octanol–water partition coefficient (Wildman–Crippen LogP) is 1.84. The number of nitrogens with zero attached hydrogens (tertiary/aromatic N) is 3. The van der Waals surface area contributed by atoms with Crippen LogP contribution < -0.4 is 10.6 Å². The SMILES string of the molecule is NC(=O)c1cc(-c2cccnc2N2CCCC2)ccn1. The van der Waals surface area contributed by atoms with Gasteiger partial charge in [0.15, 0.2) is 0 Å². The fraction of sp³-hybridized carbons (Fsp3) is 0.267. The maximum atomic E-state index is 11.3. The first-order chi connectivity index (χ1) is 9.75. The monoisotopic (exact) mass is 268 g/mol. The summed E-state index contributed by atoms with van der Waals surface area (Å²) in [6.07, 6.45) is 5.79. The van der Waals surface area contributed by atoms with Crippen LogP contribution in [0.3, 0.4) is 0 Å². The lowest BCUT2D eigenvalue weighted by Gasteiger charge is -2.19. The molecule has 0 aromatic carbocycles. The summed E-state index contributed by atoms with van der Waals surface area (Å²) in [5.74, 6) is 0.449. The lowest BCUT2D eigenvalue weighted by Crippen LogP contribution is -2.19. The average molecular weight is 268 g/mol. The van der Waals surface area contributed by atoms with E-state index in [1.54, 1.807) is 18.5 Å². The molecule has 1 fully saturated rings. The van der Waals surface area contributed by atoms with E-state index >= 15 is 0 Å². The van der Waals surface area contributed by atoms with Gasteiger partial charge in [-0.25, -0.2) is 4.98 Å². The van der Waals surface area contributed by atoms with Gasteiger partial charge in [-0.05, 0) is 42.7 Å². The summed E-state index contributed by atoms with van der Waals surface area (Å²) in [6.45, 7) is 2.05. The second-order valence-corrected chi connectivity index (χ2v) is 4.86. The Morgan fingerprint density at radius 2 is 1.95 bits per heavy atom. The molecule has 0 unspecified atom stereocenters. The van der Waals surface area contributed by atoms with Crippen molar-refractivity contribution in [2.45, 2.75) is 12.8 Å². The Labute approximate surface area is 117 Å². The third-order valence-corrected chi connectivity index (χ3v) is 3.52. The van der Waals surface area contributed by atoms with Crippen LogP contribution >= 0.6 is 0 Å². The third-order valence-electron chi connectivity index (χ3n) is 3.52. The first-order valence-corrected chi connectivity index (χ1v) is 6.72. The number of hydrogen-bond acceptors (Lipinski definition) is 4. The molecule has 0 radical (unpaired) electrons. The van der Waals surface area contributed by atoms with Gasteiger partial charge in [-0.2, -0.15) is 0 Å². The van der Waals surface area contributed by atoms with Crippen molar-refractivity contribution in [1.82, 2.24) is 9.97 Å². The van der Waals surface area contributed by atoms with Crippen LogP contribution in [0.5, 0.6) is 0 Å². The molecule has 0 saturated carbocycles. The molecule has 0 atom stereocenters. The predicted molar refractivity (Wildman–Crippen MR) is 77.4 cm³/mol. The zero-order valence-corrected chi connectivity index (χ0v) is 11.1. The highest BCUT2D eigenvalue weighted by atomic mass is 16.1. The number of carbonyl (C=O) groups is 1. The van der Waals surface area contributed by atoms with Crippen LogP contribution in [0.25, 0.3) is 11.1 Å². The van der Waals surface area contributed by atoms with Crippen molar-refractivity contribution in [3.63, 3.8) is 0 Å². The maximum absolute atomic E-state index is 11.3. The molecule has 2 aromatic rings. The van der Waals surface area contributed by atoms with Crippen LogP contribution in [0.4, 0.5) is 5.82 Å². The van der Waals surface area contributed by atoms with Gasteiger partial charge in [-0.15, -0.1) is 0 Å². The molecule has 5 heteroatoms. The lowest BCUT2D eigenvalue weighted by molar-refractivity contribution is 0.0995. The highest BCUT2D eigenvalue weighted by Gasteiger charge is 2.18. The van der Waals surface area contributed by atoms with Gasteiger partial charge in [0.1, 0.15) is 11.5 Å². The maximum Gasteiger partial charge on any atom is 0.267 e. The van der Waals surface area contributed by atoms with Gasteiger partial charge in [0.25, 0.3) is 5.91 Å². The van der Waals surface area contributed by atoms with Crippen LogP contribution in [-0.4, -0.2) is 29.0 Å². The van der Waals surface area contributed by atoms with Crippen LogP contribution in [0, 0.1) is 0 Å². The molecule has 0 aliphatic carbocycles. The van der Waals surface area contributed by atoms with Gasteiger partial charge in [-0.3, -0.25) is 9.78 Å². The fourth-order valence-corrected chi connectivity index (χ4v) is 2.54. The van der Waals surface area contributed by atoms with Gasteiger partial charge >= 0.3 is 0 Å². The number of amides is 1. The molecule has 1 aliphatic heterocycles. The molecule has 3 rings (SSSR count). The minimum atomic E-state index is -0.515. The van der Waals surface area contributed by atoms with E-state index in [9.17, 15) is 4.79 Å². The molecule has 1 saturated heterocycles. The van der Waals surface area contributed by atoms with Crippen molar-refractivity contribution >= 4 is 11.7 Å². The first-order valence-electron chi connectivity index (χ1n) is 6.72. The molecule has 1 amide bonds. The average Bonchev–Trinajstić information content (AvgIpc) is 3.01. The van der Waals surface area contributed by atoms with E-state index in [-0.39, 0.29) is 5.69 Å². The Morgan fingerprint density at radius 3 is 2.70 bits per heavy atom. The van der Waals surface area contributed by atoms with Crippen LogP contribution in [0.2, 0.25) is 0 Å². The van der Waals surface area contributed by atoms with E-state index in [4.69, 9.17) is 5.73 Å². The molecule has 0 bridgehead atoms. The zero-order chi connectivity index (χ0) is 13.9. The van der Waals surface area contributed by atoms with Crippen LogP contribution in [0.15, 0.2) is 36.7 Å². The van der Waals surface area contributed by atoms with E-state index in [0.29, 0.717) is 0 Å². The topological polar surface area (TPSA) is 72.1 Å². The molecule has 102 valence electrons. The van der Waals surface area contributed by atoms with Gasteiger partial charge in [0.2, 0.25) is 0 Å². The van der Waals surface area contributed by atoms with E-state index in [0.717, 1.165) is 30.0 Å². The van der Waals surface area contributed by atoms with Gasteiger partial charge in [-0.1, -0.05) is 0 Å². The van der Waals surface area contributed by atoms with E-state index in [1.807, 2.05) is 18.2 Å². The quantitative estimate of drug-likeness (QED) is 0.922. The molecule has 2 aromatic heterocycles. The summed E-state index contributed by atoms with van der Waals surface area (Å²) in [4.78, 5) is 22.0. The van der Waals surface area contributed by atoms with Crippen molar-refractivity contribution in [1.29, 1.82) is 0 Å². The highest BCUT2D eigenvalue weighted by Crippen LogP contribution is 2.30. The second-order valence-electron chi connectivity index (χ2n) is 4.86. The summed E-state index contributed by atoms with van der Waals surface area (Å²) in [7, 11) is 0. The molecule has 20 heavy (non-hydrogen) atoms.